The van der Waals surface area contributed by atoms with Crippen LogP contribution in [0.25, 0.3) is 16.3 Å². The van der Waals surface area contributed by atoms with E-state index in [1.807, 2.05) is 18.2 Å². The number of carbonyl (C=O) groups is 1. The summed E-state index contributed by atoms with van der Waals surface area (Å²) < 4.78 is 0. The van der Waals surface area contributed by atoms with E-state index in [0.717, 1.165) is 27.5 Å². The van der Waals surface area contributed by atoms with Crippen molar-refractivity contribution in [1.29, 1.82) is 0 Å². The maximum atomic E-state index is 11.3. The maximum Gasteiger partial charge on any atom is 0.335 e. The molecule has 0 radical (unpaired) electrons. The molecule has 29 heavy (non-hydrogen) atoms. The molecule has 0 atom stereocenters. The van der Waals surface area contributed by atoms with Crippen LogP contribution in [0, 0.1) is 0 Å². The van der Waals surface area contributed by atoms with E-state index in [2.05, 4.69) is 58.5 Å². The lowest BCUT2D eigenvalue weighted by atomic mass is 9.63. The van der Waals surface area contributed by atoms with Crippen LogP contribution < -0.4 is 0 Å². The van der Waals surface area contributed by atoms with Gasteiger partial charge in [0.05, 0.1) is 5.56 Å². The van der Waals surface area contributed by atoms with Gasteiger partial charge in [-0.2, -0.15) is 0 Å². The maximum absolute atomic E-state index is 11.3. The van der Waals surface area contributed by atoms with Crippen molar-refractivity contribution < 1.29 is 9.90 Å². The zero-order valence-corrected chi connectivity index (χ0v) is 17.7. The van der Waals surface area contributed by atoms with Crippen molar-refractivity contribution in [2.75, 3.05) is 0 Å². The molecule has 0 aliphatic heterocycles. The summed E-state index contributed by atoms with van der Waals surface area (Å²) in [5.74, 6) is -0.907. The van der Waals surface area contributed by atoms with Crippen LogP contribution in [0.4, 0.5) is 0 Å². The van der Waals surface area contributed by atoms with Gasteiger partial charge < -0.3 is 5.11 Å². The highest BCUT2D eigenvalue weighted by atomic mass is 16.4. The summed E-state index contributed by atoms with van der Waals surface area (Å²) in [5, 5.41) is 11.2. The molecule has 0 fully saturated rings. The molecular formula is C27H28O2. The Morgan fingerprint density at radius 3 is 2.21 bits per heavy atom. The molecule has 1 aliphatic rings. The largest absolute Gasteiger partial charge is 0.478 e. The van der Waals surface area contributed by atoms with Gasteiger partial charge in [0.1, 0.15) is 0 Å². The minimum atomic E-state index is -0.907. The summed E-state index contributed by atoms with van der Waals surface area (Å²) in [6.45, 7) is 13.8. The highest BCUT2D eigenvalue weighted by Crippen LogP contribution is 2.46. The molecule has 0 bridgehead atoms. The lowest BCUT2D eigenvalue weighted by molar-refractivity contribution is 0.0697. The van der Waals surface area contributed by atoms with E-state index in [-0.39, 0.29) is 10.8 Å². The molecule has 0 saturated heterocycles. The van der Waals surface area contributed by atoms with E-state index < -0.39 is 5.97 Å². The number of aromatic carboxylic acids is 1. The molecule has 0 aromatic heterocycles. The van der Waals surface area contributed by atoms with Crippen molar-refractivity contribution in [2.45, 2.75) is 51.4 Å². The SMILES string of the molecule is C=C(c1ccc2c(c1)C(C)(C)CCC2(C)C)c1cccc2cc(C(=O)O)ccc12. The van der Waals surface area contributed by atoms with E-state index in [9.17, 15) is 9.90 Å². The summed E-state index contributed by atoms with van der Waals surface area (Å²) in [4.78, 5) is 11.3. The van der Waals surface area contributed by atoms with Gasteiger partial charge >= 0.3 is 5.97 Å². The second-order valence-electron chi connectivity index (χ2n) is 9.55. The summed E-state index contributed by atoms with van der Waals surface area (Å²) in [6.07, 6.45) is 2.37. The topological polar surface area (TPSA) is 37.3 Å². The highest BCUT2D eigenvalue weighted by molar-refractivity contribution is 6.00. The fourth-order valence-corrected chi connectivity index (χ4v) is 4.61. The fourth-order valence-electron chi connectivity index (χ4n) is 4.61. The molecule has 0 amide bonds. The average molecular weight is 385 g/mol. The smallest absolute Gasteiger partial charge is 0.335 e. The van der Waals surface area contributed by atoms with Gasteiger partial charge in [-0.1, -0.05) is 76.7 Å². The van der Waals surface area contributed by atoms with Crippen LogP contribution in [0.2, 0.25) is 0 Å². The Bertz CT molecular complexity index is 1150. The summed E-state index contributed by atoms with van der Waals surface area (Å²) in [5.41, 5.74) is 6.65. The van der Waals surface area contributed by atoms with Gasteiger partial charge in [0.25, 0.3) is 0 Å². The Kier molecular flexibility index (Phi) is 4.42. The van der Waals surface area contributed by atoms with Gasteiger partial charge in [0.2, 0.25) is 0 Å². The van der Waals surface area contributed by atoms with Gasteiger partial charge in [0.15, 0.2) is 0 Å². The van der Waals surface area contributed by atoms with Gasteiger partial charge in [-0.05, 0) is 74.4 Å². The predicted octanol–water partition coefficient (Wildman–Crippen LogP) is 6.95. The molecule has 1 aliphatic carbocycles. The molecule has 0 heterocycles. The van der Waals surface area contributed by atoms with Gasteiger partial charge in [-0.3, -0.25) is 0 Å². The number of hydrogen-bond donors (Lipinski definition) is 1. The molecule has 3 aromatic carbocycles. The van der Waals surface area contributed by atoms with Crippen LogP contribution in [0.5, 0.6) is 0 Å². The lowest BCUT2D eigenvalue weighted by Crippen LogP contribution is -2.33. The number of benzene rings is 3. The summed E-state index contributed by atoms with van der Waals surface area (Å²) >= 11 is 0. The second kappa shape index (κ2) is 6.59. The minimum Gasteiger partial charge on any atom is -0.478 e. The standard InChI is InChI=1S/C27H28O2/c1-17(21-8-6-7-19-15-20(25(28)29)9-11-22(19)21)18-10-12-23-24(16-18)27(4,5)14-13-26(23,2)3/h6-12,15-16H,1,13-14H2,2-5H3,(H,28,29). The molecule has 148 valence electrons. The van der Waals surface area contributed by atoms with Gasteiger partial charge in [0, 0.05) is 0 Å². The number of fused-ring (bicyclic) bond motifs is 2. The van der Waals surface area contributed by atoms with Crippen molar-refractivity contribution in [2.24, 2.45) is 0 Å². The van der Waals surface area contributed by atoms with Gasteiger partial charge in [-0.25, -0.2) is 4.79 Å². The number of carboxylic acids is 1. The first-order valence-electron chi connectivity index (χ1n) is 10.2. The molecule has 1 N–H and O–H groups in total. The molecule has 2 heteroatoms. The van der Waals surface area contributed by atoms with Gasteiger partial charge in [-0.15, -0.1) is 0 Å². The van der Waals surface area contributed by atoms with Crippen LogP contribution >= 0.6 is 0 Å². The van der Waals surface area contributed by atoms with Crippen LogP contribution in [0.1, 0.15) is 73.1 Å². The quantitative estimate of drug-likeness (QED) is 0.530. The Labute approximate surface area is 172 Å². The van der Waals surface area contributed by atoms with Crippen LogP contribution in [-0.4, -0.2) is 11.1 Å². The Morgan fingerprint density at radius 1 is 0.862 bits per heavy atom. The first-order chi connectivity index (χ1) is 13.6. The van der Waals surface area contributed by atoms with E-state index in [4.69, 9.17) is 0 Å². The van der Waals surface area contributed by atoms with E-state index >= 15 is 0 Å². The number of hydrogen-bond acceptors (Lipinski definition) is 1. The monoisotopic (exact) mass is 384 g/mol. The molecular weight excluding hydrogens is 356 g/mol. The van der Waals surface area contributed by atoms with Crippen LogP contribution in [-0.2, 0) is 10.8 Å². The van der Waals surface area contributed by atoms with Crippen molar-refractivity contribution in [3.05, 3.63) is 89.0 Å². The molecule has 0 saturated carbocycles. The molecule has 3 aromatic rings. The van der Waals surface area contributed by atoms with E-state index in [0.29, 0.717) is 5.56 Å². The third-order valence-corrected chi connectivity index (χ3v) is 6.65. The van der Waals surface area contributed by atoms with E-state index in [1.54, 1.807) is 12.1 Å². The Morgan fingerprint density at radius 2 is 1.52 bits per heavy atom. The molecule has 0 unspecified atom stereocenters. The van der Waals surface area contributed by atoms with Crippen molar-refractivity contribution >= 4 is 22.3 Å². The average Bonchev–Trinajstić information content (AvgIpc) is 2.69. The first kappa shape index (κ1) is 19.4. The fraction of sp³-hybridized carbons (Fsp3) is 0.296. The highest BCUT2D eigenvalue weighted by Gasteiger charge is 2.37. The zero-order chi connectivity index (χ0) is 21.0. The van der Waals surface area contributed by atoms with Crippen LogP contribution in [0.15, 0.2) is 61.2 Å². The normalized spacial score (nSPS) is 17.0. The molecule has 0 spiro atoms. The predicted molar refractivity (Wildman–Crippen MR) is 121 cm³/mol. The summed E-state index contributed by atoms with van der Waals surface area (Å²) in [6, 6.07) is 18.1. The van der Waals surface area contributed by atoms with Crippen LogP contribution in [0.3, 0.4) is 0 Å². The van der Waals surface area contributed by atoms with Crippen molar-refractivity contribution in [3.63, 3.8) is 0 Å². The first-order valence-corrected chi connectivity index (χ1v) is 10.2. The molecule has 2 nitrogen and oxygen atoms in total. The Balaban J connectivity index is 1.83. The third-order valence-electron chi connectivity index (χ3n) is 6.65. The molecule has 4 rings (SSSR count). The van der Waals surface area contributed by atoms with E-state index in [1.165, 1.54) is 24.0 Å². The lowest BCUT2D eigenvalue weighted by Gasteiger charge is -2.42. The second-order valence-corrected chi connectivity index (χ2v) is 9.55. The van der Waals surface area contributed by atoms with Crippen molar-refractivity contribution in [3.8, 4) is 0 Å². The Hall–Kier alpha value is -2.87. The van der Waals surface area contributed by atoms with Crippen molar-refractivity contribution in [1.82, 2.24) is 0 Å². The summed E-state index contributed by atoms with van der Waals surface area (Å²) in [7, 11) is 0. The zero-order valence-electron chi connectivity index (χ0n) is 17.7. The number of carboxylic acid groups (broad SMARTS) is 1. The third kappa shape index (κ3) is 3.27. The number of rotatable bonds is 3. The minimum absolute atomic E-state index is 0.149.